The van der Waals surface area contributed by atoms with Crippen LogP contribution in [0.3, 0.4) is 0 Å². The zero-order valence-corrected chi connectivity index (χ0v) is 17.5. The van der Waals surface area contributed by atoms with Crippen LogP contribution >= 0.6 is 0 Å². The third kappa shape index (κ3) is 2.61. The van der Waals surface area contributed by atoms with Gasteiger partial charge in [-0.1, -0.05) is 20.8 Å². The van der Waals surface area contributed by atoms with Gasteiger partial charge in [0, 0.05) is 5.92 Å². The smallest absolute Gasteiger partial charge is 0.106 e. The molecule has 2 heteroatoms. The second-order valence-electron chi connectivity index (χ2n) is 11.1. The Balaban J connectivity index is 1.40. The van der Waals surface area contributed by atoms with E-state index in [-0.39, 0.29) is 6.10 Å². The third-order valence-electron chi connectivity index (χ3n) is 10.3. The molecule has 0 radical (unpaired) electrons. The van der Waals surface area contributed by atoms with Crippen LogP contribution in [0, 0.1) is 40.4 Å². The Labute approximate surface area is 165 Å². The van der Waals surface area contributed by atoms with Crippen LogP contribution in [0.1, 0.15) is 90.2 Å². The molecule has 4 fully saturated rings. The van der Waals surface area contributed by atoms with Gasteiger partial charge in [0.1, 0.15) is 5.76 Å². The molecule has 0 aromatic carbocycles. The highest BCUT2D eigenvalue weighted by Gasteiger charge is 2.60. The maximum absolute atomic E-state index is 10.2. The zero-order valence-electron chi connectivity index (χ0n) is 17.5. The first-order valence-corrected chi connectivity index (χ1v) is 11.6. The van der Waals surface area contributed by atoms with Crippen molar-refractivity contribution in [2.75, 3.05) is 0 Å². The molecule has 1 N–H and O–H groups in total. The highest BCUT2D eigenvalue weighted by atomic mass is 16.3. The lowest BCUT2D eigenvalue weighted by atomic mass is 9.44. The molecule has 0 bridgehead atoms. The minimum Gasteiger partial charge on any atom is -0.469 e. The molecule has 1 aromatic rings. The normalized spacial score (nSPS) is 50.5. The van der Waals surface area contributed by atoms with Crippen LogP contribution in [0.5, 0.6) is 0 Å². The number of aliphatic hydroxyl groups is 1. The Morgan fingerprint density at radius 1 is 1.00 bits per heavy atom. The number of hydrogen-bond donors (Lipinski definition) is 1. The van der Waals surface area contributed by atoms with Crippen molar-refractivity contribution in [2.45, 2.75) is 90.6 Å². The fraction of sp³-hybridized carbons (Fsp3) is 0.840. The molecule has 150 valence electrons. The van der Waals surface area contributed by atoms with E-state index in [2.05, 4.69) is 32.9 Å². The van der Waals surface area contributed by atoms with E-state index in [0.717, 1.165) is 42.4 Å². The first-order valence-electron chi connectivity index (χ1n) is 11.6. The van der Waals surface area contributed by atoms with Gasteiger partial charge in [-0.15, -0.1) is 0 Å². The molecule has 1 heterocycles. The van der Waals surface area contributed by atoms with E-state index in [1.165, 1.54) is 50.7 Å². The maximum atomic E-state index is 10.2. The predicted molar refractivity (Wildman–Crippen MR) is 108 cm³/mol. The summed E-state index contributed by atoms with van der Waals surface area (Å²) in [4.78, 5) is 0. The number of aliphatic hydroxyl groups excluding tert-OH is 1. The van der Waals surface area contributed by atoms with Gasteiger partial charge in [0.05, 0.1) is 12.4 Å². The average molecular weight is 371 g/mol. The van der Waals surface area contributed by atoms with Gasteiger partial charge in [-0.2, -0.15) is 0 Å². The van der Waals surface area contributed by atoms with Gasteiger partial charge in [-0.3, -0.25) is 0 Å². The molecule has 0 unspecified atom stereocenters. The molecule has 4 aliphatic rings. The predicted octanol–water partition coefficient (Wildman–Crippen LogP) is 6.40. The highest BCUT2D eigenvalue weighted by Crippen LogP contribution is 2.68. The van der Waals surface area contributed by atoms with E-state index in [4.69, 9.17) is 4.42 Å². The molecule has 0 amide bonds. The molecule has 5 rings (SSSR count). The quantitative estimate of drug-likeness (QED) is 0.653. The Hall–Kier alpha value is -0.760. The highest BCUT2D eigenvalue weighted by molar-refractivity contribution is 5.14. The van der Waals surface area contributed by atoms with Crippen LogP contribution in [-0.4, -0.2) is 11.2 Å². The standard InChI is InChI=1S/C25H38O2/c1-16(23-5-4-14-27-23)20-8-9-21-19-7-6-17-15-18(26)10-12-24(17,2)22(19)11-13-25(20,21)3/h4-5,14,16-22,26H,6-13,15H2,1-3H3/t16-,17-,18-,19-,20+,21-,22-,24-,25+/m0/s1. The first kappa shape index (κ1) is 18.3. The summed E-state index contributed by atoms with van der Waals surface area (Å²) in [6.07, 6.45) is 13.6. The van der Waals surface area contributed by atoms with Crippen molar-refractivity contribution in [1.29, 1.82) is 0 Å². The summed E-state index contributed by atoms with van der Waals surface area (Å²) >= 11 is 0. The second-order valence-corrected chi connectivity index (χ2v) is 11.1. The summed E-state index contributed by atoms with van der Waals surface area (Å²) in [6.45, 7) is 7.63. The van der Waals surface area contributed by atoms with Crippen molar-refractivity contribution in [1.82, 2.24) is 0 Å². The topological polar surface area (TPSA) is 33.4 Å². The van der Waals surface area contributed by atoms with Crippen LogP contribution in [0.25, 0.3) is 0 Å². The molecule has 0 aliphatic heterocycles. The summed E-state index contributed by atoms with van der Waals surface area (Å²) < 4.78 is 5.81. The molecule has 27 heavy (non-hydrogen) atoms. The lowest BCUT2D eigenvalue weighted by Gasteiger charge is -2.61. The summed E-state index contributed by atoms with van der Waals surface area (Å²) in [5, 5.41) is 10.2. The van der Waals surface area contributed by atoms with E-state index in [0.29, 0.717) is 16.7 Å². The largest absolute Gasteiger partial charge is 0.469 e. The summed E-state index contributed by atoms with van der Waals surface area (Å²) in [6, 6.07) is 4.24. The Morgan fingerprint density at radius 2 is 1.78 bits per heavy atom. The van der Waals surface area contributed by atoms with E-state index in [9.17, 15) is 5.11 Å². The van der Waals surface area contributed by atoms with Crippen LogP contribution < -0.4 is 0 Å². The van der Waals surface area contributed by atoms with E-state index >= 15 is 0 Å². The van der Waals surface area contributed by atoms with Crippen molar-refractivity contribution in [2.24, 2.45) is 40.4 Å². The van der Waals surface area contributed by atoms with E-state index < -0.39 is 0 Å². The third-order valence-corrected chi connectivity index (χ3v) is 10.3. The Morgan fingerprint density at radius 3 is 2.56 bits per heavy atom. The van der Waals surface area contributed by atoms with Gasteiger partial charge in [-0.25, -0.2) is 0 Å². The van der Waals surface area contributed by atoms with Gasteiger partial charge in [0.25, 0.3) is 0 Å². The van der Waals surface area contributed by atoms with Gasteiger partial charge in [0.15, 0.2) is 0 Å². The van der Waals surface area contributed by atoms with Gasteiger partial charge < -0.3 is 9.52 Å². The molecule has 0 spiro atoms. The molecule has 1 aromatic heterocycles. The molecular weight excluding hydrogens is 332 g/mol. The van der Waals surface area contributed by atoms with Crippen molar-refractivity contribution >= 4 is 0 Å². The number of hydrogen-bond acceptors (Lipinski definition) is 2. The van der Waals surface area contributed by atoms with Gasteiger partial charge in [0.2, 0.25) is 0 Å². The van der Waals surface area contributed by atoms with Gasteiger partial charge in [-0.05, 0) is 110 Å². The summed E-state index contributed by atoms with van der Waals surface area (Å²) in [5.41, 5.74) is 0.985. The molecule has 4 saturated carbocycles. The van der Waals surface area contributed by atoms with Crippen molar-refractivity contribution in [3.05, 3.63) is 24.2 Å². The fourth-order valence-corrected chi connectivity index (χ4v) is 8.85. The lowest BCUT2D eigenvalue weighted by Crippen LogP contribution is -2.54. The lowest BCUT2D eigenvalue weighted by molar-refractivity contribution is -0.127. The van der Waals surface area contributed by atoms with Crippen LogP contribution in [-0.2, 0) is 0 Å². The van der Waals surface area contributed by atoms with Crippen LogP contribution in [0.4, 0.5) is 0 Å². The minimum absolute atomic E-state index is 0.0292. The number of furan rings is 1. The molecular formula is C25H38O2. The monoisotopic (exact) mass is 370 g/mol. The minimum atomic E-state index is -0.0292. The van der Waals surface area contributed by atoms with Gasteiger partial charge >= 0.3 is 0 Å². The molecule has 2 nitrogen and oxygen atoms in total. The fourth-order valence-electron chi connectivity index (χ4n) is 8.85. The first-order chi connectivity index (χ1) is 12.9. The van der Waals surface area contributed by atoms with Crippen molar-refractivity contribution in [3.8, 4) is 0 Å². The number of rotatable bonds is 2. The van der Waals surface area contributed by atoms with Crippen molar-refractivity contribution in [3.63, 3.8) is 0 Å². The van der Waals surface area contributed by atoms with Crippen LogP contribution in [0.2, 0.25) is 0 Å². The average Bonchev–Trinajstić information content (AvgIpc) is 3.29. The Bertz CT molecular complexity index is 666. The van der Waals surface area contributed by atoms with E-state index in [1.54, 1.807) is 0 Å². The Kier molecular flexibility index (Phi) is 4.31. The zero-order chi connectivity index (χ0) is 18.8. The molecule has 0 saturated heterocycles. The van der Waals surface area contributed by atoms with Crippen molar-refractivity contribution < 1.29 is 9.52 Å². The summed E-state index contributed by atoms with van der Waals surface area (Å²) in [7, 11) is 0. The molecule has 9 atom stereocenters. The maximum Gasteiger partial charge on any atom is 0.106 e. The summed E-state index contributed by atoms with van der Waals surface area (Å²) in [5.74, 6) is 6.01. The van der Waals surface area contributed by atoms with Crippen LogP contribution in [0.15, 0.2) is 22.8 Å². The SMILES string of the molecule is C[C@H](c1ccco1)[C@H]1CC[C@H]2[C@@H]3CC[C@H]4C[C@@H](O)CC[C@]4(C)[C@H]3CC[C@]12C. The second kappa shape index (κ2) is 6.37. The van der Waals surface area contributed by atoms with E-state index in [1.807, 2.05) is 6.26 Å². The molecule has 4 aliphatic carbocycles. The number of fused-ring (bicyclic) bond motifs is 5.